The fraction of sp³-hybridized carbons (Fsp3) is 0.667. The Bertz CT molecular complexity index is 910. The molecule has 5 fully saturated rings. The minimum absolute atomic E-state index is 0.0161. The van der Waals surface area contributed by atoms with Gasteiger partial charge in [-0.1, -0.05) is 17.7 Å². The molecule has 32 heavy (non-hydrogen) atoms. The van der Waals surface area contributed by atoms with Gasteiger partial charge in [0.15, 0.2) is 0 Å². The van der Waals surface area contributed by atoms with Crippen LogP contribution in [0.5, 0.6) is 0 Å². The molecule has 4 unspecified atom stereocenters. The van der Waals surface area contributed by atoms with Crippen LogP contribution in [-0.4, -0.2) is 84.5 Å². The number of carbonyl (C=O) groups is 2. The molecular weight excluding hydrogens is 426 g/mol. The second-order valence-electron chi connectivity index (χ2n) is 10.2. The largest absolute Gasteiger partial charge is 0.368 e. The van der Waals surface area contributed by atoms with E-state index >= 15 is 0 Å². The summed E-state index contributed by atoms with van der Waals surface area (Å²) in [6, 6.07) is 7.01. The third kappa shape index (κ3) is 3.63. The monoisotopic (exact) mass is 457 g/mol. The Kier molecular flexibility index (Phi) is 5.41. The number of amides is 2. The quantitative estimate of drug-likeness (QED) is 0.695. The summed E-state index contributed by atoms with van der Waals surface area (Å²) >= 11 is 6.43. The van der Waals surface area contributed by atoms with Crippen molar-refractivity contribution in [2.24, 2.45) is 11.8 Å². The van der Waals surface area contributed by atoms with Crippen LogP contribution >= 0.6 is 11.6 Å². The van der Waals surface area contributed by atoms with E-state index in [0.717, 1.165) is 50.8 Å². The number of fused-ring (bicyclic) bond motifs is 2. The normalized spacial score (nSPS) is 33.4. The zero-order valence-electron chi connectivity index (χ0n) is 18.5. The van der Waals surface area contributed by atoms with Gasteiger partial charge < -0.3 is 4.90 Å². The Morgan fingerprint density at radius 1 is 1.03 bits per heavy atom. The van der Waals surface area contributed by atoms with Crippen LogP contribution in [0, 0.1) is 11.8 Å². The topological polar surface area (TPSA) is 59.1 Å². The number of halogens is 1. The van der Waals surface area contributed by atoms with Crippen LogP contribution in [0.3, 0.4) is 0 Å². The molecule has 0 aromatic heterocycles. The van der Waals surface area contributed by atoms with Gasteiger partial charge in [0.25, 0.3) is 0 Å². The first kappa shape index (κ1) is 20.9. The standard InChI is InChI=1S/C24H32ClN5O2/c25-18-4-3-16(21(10-18)29-9-8-28-7-1-2-19(28)14-29)12-27-13-17-11-26-24(20(17)15-27)30-22(31)5-6-23(30)32/h3-4,10,17,19-20,24,26H,1-2,5-9,11-15H2. The second kappa shape index (κ2) is 8.28. The van der Waals surface area contributed by atoms with Crippen LogP contribution in [0.4, 0.5) is 5.69 Å². The van der Waals surface area contributed by atoms with Gasteiger partial charge in [0.1, 0.15) is 0 Å². The maximum absolute atomic E-state index is 12.3. The SMILES string of the molecule is O=C1CCC(=O)N1C1NCC2CN(Cc3ccc(Cl)cc3N3CCN4CCCC4C3)CC21. The number of carbonyl (C=O) groups excluding carboxylic acids is 2. The minimum atomic E-state index is -0.132. The van der Waals surface area contributed by atoms with Crippen molar-refractivity contribution in [2.45, 2.75) is 44.4 Å². The first-order valence-corrected chi connectivity index (χ1v) is 12.5. The zero-order chi connectivity index (χ0) is 21.8. The first-order valence-electron chi connectivity index (χ1n) is 12.1. The van der Waals surface area contributed by atoms with Gasteiger partial charge in [-0.3, -0.25) is 29.6 Å². The summed E-state index contributed by atoms with van der Waals surface area (Å²) in [5.41, 5.74) is 2.61. The molecule has 6 rings (SSSR count). The molecule has 172 valence electrons. The lowest BCUT2D eigenvalue weighted by atomic mass is 9.97. The van der Waals surface area contributed by atoms with E-state index in [-0.39, 0.29) is 18.0 Å². The van der Waals surface area contributed by atoms with Gasteiger partial charge in [0.2, 0.25) is 11.8 Å². The lowest BCUT2D eigenvalue weighted by Crippen LogP contribution is -2.50. The molecule has 8 heteroatoms. The molecule has 1 aromatic rings. The predicted octanol–water partition coefficient (Wildman–Crippen LogP) is 1.75. The molecule has 2 amide bonds. The number of piperazine rings is 1. The van der Waals surface area contributed by atoms with Crippen molar-refractivity contribution >= 4 is 29.1 Å². The molecule has 0 saturated carbocycles. The van der Waals surface area contributed by atoms with Crippen LogP contribution in [0.2, 0.25) is 5.02 Å². The highest BCUT2D eigenvalue weighted by molar-refractivity contribution is 6.30. The Morgan fingerprint density at radius 3 is 2.72 bits per heavy atom. The molecule has 5 heterocycles. The summed E-state index contributed by atoms with van der Waals surface area (Å²) in [4.78, 5) is 33.8. The summed E-state index contributed by atoms with van der Waals surface area (Å²) in [6.45, 7) is 8.20. The lowest BCUT2D eigenvalue weighted by Gasteiger charge is -2.40. The summed E-state index contributed by atoms with van der Waals surface area (Å²) in [5.74, 6) is 0.771. The number of hydrogen-bond acceptors (Lipinski definition) is 6. The molecule has 7 nitrogen and oxygen atoms in total. The fourth-order valence-corrected chi connectivity index (χ4v) is 6.88. The van der Waals surface area contributed by atoms with Crippen molar-refractivity contribution < 1.29 is 9.59 Å². The summed E-state index contributed by atoms with van der Waals surface area (Å²) in [5, 5.41) is 4.26. The number of hydrogen-bond donors (Lipinski definition) is 1. The van der Waals surface area contributed by atoms with Gasteiger partial charge in [-0.05, 0) is 43.0 Å². The van der Waals surface area contributed by atoms with E-state index in [1.165, 1.54) is 35.5 Å². The second-order valence-corrected chi connectivity index (χ2v) is 10.6. The Hall–Kier alpha value is -1.67. The average Bonchev–Trinajstić information content (AvgIpc) is 3.54. The molecule has 0 bridgehead atoms. The average molecular weight is 458 g/mol. The maximum atomic E-state index is 12.3. The van der Waals surface area contributed by atoms with Crippen molar-refractivity contribution in [3.63, 3.8) is 0 Å². The first-order chi connectivity index (χ1) is 15.6. The van der Waals surface area contributed by atoms with E-state index in [0.29, 0.717) is 30.7 Å². The van der Waals surface area contributed by atoms with Crippen LogP contribution in [0.15, 0.2) is 18.2 Å². The highest BCUT2D eigenvalue weighted by atomic mass is 35.5. The highest BCUT2D eigenvalue weighted by Gasteiger charge is 2.49. The van der Waals surface area contributed by atoms with E-state index in [2.05, 4.69) is 32.1 Å². The third-order valence-electron chi connectivity index (χ3n) is 8.30. The van der Waals surface area contributed by atoms with E-state index in [1.54, 1.807) is 0 Å². The number of nitrogens with one attached hydrogen (secondary N) is 1. The van der Waals surface area contributed by atoms with Crippen LogP contribution < -0.4 is 10.2 Å². The van der Waals surface area contributed by atoms with Crippen LogP contribution in [0.25, 0.3) is 0 Å². The summed E-state index contributed by atoms with van der Waals surface area (Å²) in [7, 11) is 0. The number of rotatable bonds is 4. The molecular formula is C24H32ClN5O2. The van der Waals surface area contributed by atoms with Crippen molar-refractivity contribution in [3.8, 4) is 0 Å². The zero-order valence-corrected chi connectivity index (χ0v) is 19.3. The predicted molar refractivity (Wildman–Crippen MR) is 123 cm³/mol. The lowest BCUT2D eigenvalue weighted by molar-refractivity contribution is -0.142. The molecule has 1 aromatic carbocycles. The van der Waals surface area contributed by atoms with Crippen molar-refractivity contribution in [2.75, 3.05) is 50.7 Å². The van der Waals surface area contributed by atoms with Gasteiger partial charge in [0.05, 0.1) is 6.17 Å². The Morgan fingerprint density at radius 2 is 1.88 bits per heavy atom. The van der Waals surface area contributed by atoms with Gasteiger partial charge >= 0.3 is 0 Å². The molecule has 5 saturated heterocycles. The van der Waals surface area contributed by atoms with E-state index in [9.17, 15) is 9.59 Å². The number of nitrogens with zero attached hydrogens (tertiary/aromatic N) is 4. The highest BCUT2D eigenvalue weighted by Crippen LogP contribution is 2.37. The molecule has 0 spiro atoms. The number of benzene rings is 1. The van der Waals surface area contributed by atoms with Crippen LogP contribution in [0.1, 0.15) is 31.2 Å². The Labute approximate surface area is 194 Å². The number of imide groups is 1. The number of anilines is 1. The fourth-order valence-electron chi connectivity index (χ4n) is 6.72. The molecule has 1 N–H and O–H groups in total. The molecule has 5 aliphatic rings. The molecule has 5 aliphatic heterocycles. The molecule has 0 radical (unpaired) electrons. The molecule has 4 atom stereocenters. The Balaban J connectivity index is 1.17. The smallest absolute Gasteiger partial charge is 0.231 e. The van der Waals surface area contributed by atoms with Gasteiger partial charge in [-0.15, -0.1) is 0 Å². The van der Waals surface area contributed by atoms with E-state index in [1.807, 2.05) is 6.07 Å². The third-order valence-corrected chi connectivity index (χ3v) is 8.53. The van der Waals surface area contributed by atoms with Gasteiger partial charge in [-0.25, -0.2) is 0 Å². The summed E-state index contributed by atoms with van der Waals surface area (Å²) in [6.07, 6.45) is 3.20. The van der Waals surface area contributed by atoms with Crippen molar-refractivity contribution in [1.82, 2.24) is 20.0 Å². The minimum Gasteiger partial charge on any atom is -0.368 e. The van der Waals surface area contributed by atoms with Gasteiger partial charge in [-0.2, -0.15) is 0 Å². The van der Waals surface area contributed by atoms with Crippen molar-refractivity contribution in [3.05, 3.63) is 28.8 Å². The summed E-state index contributed by atoms with van der Waals surface area (Å²) < 4.78 is 0. The number of likely N-dealkylation sites (tertiary alicyclic amines) is 2. The molecule has 0 aliphatic carbocycles. The van der Waals surface area contributed by atoms with Gasteiger partial charge in [0, 0.05) is 81.3 Å². The van der Waals surface area contributed by atoms with E-state index < -0.39 is 0 Å². The van der Waals surface area contributed by atoms with Crippen molar-refractivity contribution in [1.29, 1.82) is 0 Å². The maximum Gasteiger partial charge on any atom is 0.231 e. The van der Waals surface area contributed by atoms with Crippen LogP contribution in [-0.2, 0) is 16.1 Å². The van der Waals surface area contributed by atoms with E-state index in [4.69, 9.17) is 11.6 Å².